The van der Waals surface area contributed by atoms with Crippen LogP contribution in [0.25, 0.3) is 11.3 Å². The summed E-state index contributed by atoms with van der Waals surface area (Å²) in [6.45, 7) is 0. The summed E-state index contributed by atoms with van der Waals surface area (Å²) in [5.74, 6) is -1.57. The van der Waals surface area contributed by atoms with Crippen molar-refractivity contribution >= 4 is 5.97 Å². The Labute approximate surface area is 141 Å². The summed E-state index contributed by atoms with van der Waals surface area (Å²) in [6, 6.07) is 6.86. The van der Waals surface area contributed by atoms with Crippen molar-refractivity contribution in [2.24, 2.45) is 0 Å². The monoisotopic (exact) mass is 346 g/mol. The van der Waals surface area contributed by atoms with E-state index in [9.17, 15) is 24.9 Å². The number of benzene rings is 1. The van der Waals surface area contributed by atoms with Gasteiger partial charge in [-0.3, -0.25) is 4.79 Å². The van der Waals surface area contributed by atoms with Crippen LogP contribution in [0.4, 0.5) is 0 Å². The lowest BCUT2D eigenvalue weighted by Crippen LogP contribution is -2.49. The van der Waals surface area contributed by atoms with Crippen LogP contribution in [0.5, 0.6) is 11.7 Å². The largest absolute Gasteiger partial charge is 0.508 e. The maximum Gasteiger partial charge on any atom is 0.346 e. The van der Waals surface area contributed by atoms with E-state index < -0.39 is 34.6 Å². The van der Waals surface area contributed by atoms with E-state index in [1.807, 2.05) is 0 Å². The van der Waals surface area contributed by atoms with Crippen LogP contribution in [-0.2, 0) is 15.1 Å². The highest BCUT2D eigenvalue weighted by atomic mass is 16.6. The Kier molecular flexibility index (Phi) is 4.07. The number of hydrogen-bond donors (Lipinski definition) is 3. The minimum absolute atomic E-state index is 0.0308. The first-order valence-corrected chi connectivity index (χ1v) is 7.18. The third-order valence-corrected chi connectivity index (χ3v) is 3.81. The van der Waals surface area contributed by atoms with Crippen LogP contribution in [0.2, 0.25) is 0 Å². The number of carbonyl (C=O) groups is 1. The van der Waals surface area contributed by atoms with Crippen molar-refractivity contribution in [1.82, 2.24) is 0 Å². The van der Waals surface area contributed by atoms with E-state index in [1.165, 1.54) is 24.3 Å². The van der Waals surface area contributed by atoms with E-state index in [1.54, 1.807) is 0 Å². The highest BCUT2D eigenvalue weighted by molar-refractivity contribution is 5.83. The van der Waals surface area contributed by atoms with Gasteiger partial charge in [-0.25, -0.2) is 4.79 Å². The molecule has 0 spiro atoms. The molecular formula is C17H14O8. The predicted molar refractivity (Wildman–Crippen MR) is 83.8 cm³/mol. The van der Waals surface area contributed by atoms with Crippen molar-refractivity contribution in [2.75, 3.05) is 7.11 Å². The van der Waals surface area contributed by atoms with Gasteiger partial charge in [-0.2, -0.15) is 0 Å². The molecule has 0 saturated heterocycles. The number of methoxy groups -OCH3 is 1. The number of fused-ring (bicyclic) bond motifs is 1. The number of phenolic OH excluding ortho intramolecular Hbond substituents is 1. The molecule has 0 unspecified atom stereocenters. The first-order chi connectivity index (χ1) is 11.9. The Bertz CT molecular complexity index is 896. The zero-order chi connectivity index (χ0) is 18.2. The van der Waals surface area contributed by atoms with Crippen molar-refractivity contribution in [3.63, 3.8) is 0 Å². The number of aliphatic hydroxyl groups excluding tert-OH is 1. The van der Waals surface area contributed by atoms with Crippen molar-refractivity contribution in [2.45, 2.75) is 11.7 Å². The lowest BCUT2D eigenvalue weighted by Gasteiger charge is -2.26. The topological polar surface area (TPSA) is 126 Å². The highest BCUT2D eigenvalue weighted by Crippen LogP contribution is 2.37. The average Bonchev–Trinajstić information content (AvgIpc) is 2.72. The molecule has 1 aromatic carbocycles. The zero-order valence-corrected chi connectivity index (χ0v) is 13.0. The molecule has 8 nitrogen and oxygen atoms in total. The maximum atomic E-state index is 12.6. The number of rotatable bonds is 2. The highest BCUT2D eigenvalue weighted by Gasteiger charge is 2.51. The molecule has 1 aromatic heterocycles. The fraction of sp³-hybridized carbons (Fsp3) is 0.176. The van der Waals surface area contributed by atoms with Gasteiger partial charge in [0.15, 0.2) is 5.43 Å². The minimum atomic E-state index is -2.68. The lowest BCUT2D eigenvalue weighted by atomic mass is 9.88. The third-order valence-electron chi connectivity index (χ3n) is 3.81. The molecule has 2 aromatic rings. The number of phenols is 1. The number of carbonyl (C=O) groups excluding carboxylic acids is 1. The first-order valence-electron chi connectivity index (χ1n) is 7.18. The van der Waals surface area contributed by atoms with Crippen LogP contribution < -0.4 is 10.2 Å². The van der Waals surface area contributed by atoms with Crippen molar-refractivity contribution in [1.29, 1.82) is 0 Å². The van der Waals surface area contributed by atoms with Gasteiger partial charge in [0.25, 0.3) is 0 Å². The second-order valence-electron chi connectivity index (χ2n) is 5.33. The van der Waals surface area contributed by atoms with Crippen LogP contribution >= 0.6 is 0 Å². The number of aromatic hydroxyl groups is 1. The summed E-state index contributed by atoms with van der Waals surface area (Å²) in [6.07, 6.45) is 0.212. The quantitative estimate of drug-likeness (QED) is 0.676. The zero-order valence-electron chi connectivity index (χ0n) is 13.0. The molecule has 1 aliphatic heterocycles. The lowest BCUT2D eigenvalue weighted by molar-refractivity contribution is -0.174. The Balaban J connectivity index is 2.22. The van der Waals surface area contributed by atoms with E-state index in [0.29, 0.717) is 5.56 Å². The summed E-state index contributed by atoms with van der Waals surface area (Å²) in [5.41, 5.74) is -3.58. The normalized spacial score (nSPS) is 21.8. The fourth-order valence-electron chi connectivity index (χ4n) is 2.51. The van der Waals surface area contributed by atoms with Gasteiger partial charge in [0, 0.05) is 11.6 Å². The molecule has 0 aliphatic carbocycles. The standard InChI is InChI=1S/C17H14O8/c1-23-16(21)17(22)13(20)6-7-24-15-14(17)11(19)8-12(25-15)9-2-4-10(18)5-3-9/h2-8,13,18,20,22H,1H3/t13-,17-/m0/s1. The van der Waals surface area contributed by atoms with E-state index in [2.05, 4.69) is 4.74 Å². The average molecular weight is 346 g/mol. The SMILES string of the molecule is COC(=O)[C@@]1(O)c2c(oc(-c3ccc(O)cc3)cc2=O)OC=C[C@@H]1O. The number of esters is 1. The molecule has 0 radical (unpaired) electrons. The smallest absolute Gasteiger partial charge is 0.346 e. The van der Waals surface area contributed by atoms with Gasteiger partial charge in [-0.15, -0.1) is 0 Å². The Morgan fingerprint density at radius 2 is 1.96 bits per heavy atom. The van der Waals surface area contributed by atoms with Gasteiger partial charge in [-0.05, 0) is 30.3 Å². The molecule has 2 atom stereocenters. The Morgan fingerprint density at radius 3 is 2.60 bits per heavy atom. The Morgan fingerprint density at radius 1 is 1.28 bits per heavy atom. The summed E-state index contributed by atoms with van der Waals surface area (Å²) < 4.78 is 15.2. The van der Waals surface area contributed by atoms with Crippen molar-refractivity contribution < 1.29 is 34.0 Å². The second-order valence-corrected chi connectivity index (χ2v) is 5.33. The molecular weight excluding hydrogens is 332 g/mol. The summed E-state index contributed by atoms with van der Waals surface area (Å²) >= 11 is 0. The van der Waals surface area contributed by atoms with E-state index >= 15 is 0 Å². The van der Waals surface area contributed by atoms with Gasteiger partial charge >= 0.3 is 11.9 Å². The van der Waals surface area contributed by atoms with Gasteiger partial charge in [0.2, 0.25) is 5.60 Å². The van der Waals surface area contributed by atoms with Crippen LogP contribution in [-0.4, -0.2) is 34.5 Å². The minimum Gasteiger partial charge on any atom is -0.508 e. The maximum absolute atomic E-state index is 12.6. The summed E-state index contributed by atoms with van der Waals surface area (Å²) in [5, 5.41) is 30.1. The second kappa shape index (κ2) is 6.08. The predicted octanol–water partition coefficient (Wildman–Crippen LogP) is 0.640. The number of aliphatic hydroxyl groups is 2. The molecule has 8 heteroatoms. The molecule has 130 valence electrons. The van der Waals surface area contributed by atoms with Crippen LogP contribution in [0.1, 0.15) is 5.56 Å². The van der Waals surface area contributed by atoms with Crippen LogP contribution in [0.3, 0.4) is 0 Å². The van der Waals surface area contributed by atoms with Crippen molar-refractivity contribution in [3.05, 3.63) is 58.5 Å². The van der Waals surface area contributed by atoms with Gasteiger partial charge < -0.3 is 29.2 Å². The van der Waals surface area contributed by atoms with Crippen LogP contribution in [0, 0.1) is 0 Å². The molecule has 0 amide bonds. The van der Waals surface area contributed by atoms with Crippen molar-refractivity contribution in [3.8, 4) is 23.0 Å². The van der Waals surface area contributed by atoms with E-state index in [-0.39, 0.29) is 11.5 Å². The molecule has 0 bridgehead atoms. The number of ether oxygens (including phenoxy) is 2. The van der Waals surface area contributed by atoms with E-state index in [0.717, 1.165) is 25.5 Å². The first kappa shape index (κ1) is 16.7. The number of hydrogen-bond acceptors (Lipinski definition) is 8. The summed E-state index contributed by atoms with van der Waals surface area (Å²) in [7, 11) is 1.01. The van der Waals surface area contributed by atoms with Gasteiger partial charge in [-0.1, -0.05) is 0 Å². The molecule has 1 aliphatic rings. The summed E-state index contributed by atoms with van der Waals surface area (Å²) in [4.78, 5) is 24.6. The van der Waals surface area contributed by atoms with E-state index in [4.69, 9.17) is 9.15 Å². The Hall–Kier alpha value is -3.10. The van der Waals surface area contributed by atoms with Gasteiger partial charge in [0.05, 0.1) is 13.4 Å². The fourth-order valence-corrected chi connectivity index (χ4v) is 2.51. The molecule has 0 fully saturated rings. The molecule has 0 saturated carbocycles. The van der Waals surface area contributed by atoms with Gasteiger partial charge in [0.1, 0.15) is 23.2 Å². The molecule has 3 N–H and O–H groups in total. The molecule has 25 heavy (non-hydrogen) atoms. The van der Waals surface area contributed by atoms with Crippen LogP contribution in [0.15, 0.2) is 51.9 Å². The third kappa shape index (κ3) is 2.67. The molecule has 3 rings (SSSR count). The molecule has 2 heterocycles.